The number of fused-ring (bicyclic) bond motifs is 2. The van der Waals surface area contributed by atoms with Gasteiger partial charge in [-0.05, 0) is 120 Å². The predicted molar refractivity (Wildman–Crippen MR) is 264 cm³/mol. The first-order valence-electron chi connectivity index (χ1n) is 21.7. The van der Waals surface area contributed by atoms with Crippen molar-refractivity contribution in [3.05, 3.63) is 163 Å². The van der Waals surface area contributed by atoms with Crippen molar-refractivity contribution in [2.75, 3.05) is 45.4 Å². The van der Waals surface area contributed by atoms with Crippen LogP contribution in [0.1, 0.15) is 45.7 Å². The van der Waals surface area contributed by atoms with Crippen LogP contribution in [0.15, 0.2) is 112 Å². The van der Waals surface area contributed by atoms with Gasteiger partial charge in [0.2, 0.25) is 5.95 Å². The molecule has 0 spiro atoms. The molecule has 0 saturated carbocycles. The Morgan fingerprint density at radius 3 is 1.60 bits per heavy atom. The van der Waals surface area contributed by atoms with Gasteiger partial charge in [0.25, 0.3) is 17.0 Å². The van der Waals surface area contributed by atoms with Crippen LogP contribution in [0.4, 0.5) is 23.5 Å². The molecule has 1 amide bonds. The number of para-hydroxylation sites is 2. The summed E-state index contributed by atoms with van der Waals surface area (Å²) in [7, 11) is 5.69. The SMILES string of the molecule is CSc1nc(-c2cc(C(=O)O)ccc2C)c2ccc(=O)n(-c3c(F)cccc3F)c2n1.Cc1ccc(C(=O)NC(C)C)cc1-c1nc(N(C)CCN(C)C)nc2c1ccc(=O)n2-c1c(F)cccc1F. The molecule has 0 fully saturated rings. The summed E-state index contributed by atoms with van der Waals surface area (Å²) in [5, 5.41) is 13.3. The van der Waals surface area contributed by atoms with Crippen molar-refractivity contribution >= 4 is 51.7 Å². The summed E-state index contributed by atoms with van der Waals surface area (Å²) in [6.45, 7) is 8.68. The van der Waals surface area contributed by atoms with Crippen LogP contribution in [-0.4, -0.2) is 97.5 Å². The van der Waals surface area contributed by atoms with E-state index in [1.807, 2.05) is 57.8 Å². The zero-order valence-corrected chi connectivity index (χ0v) is 40.1. The average molecular weight is 974 g/mol. The van der Waals surface area contributed by atoms with Crippen molar-refractivity contribution in [2.45, 2.75) is 38.9 Å². The number of aryl methyl sites for hydroxylation is 2. The monoisotopic (exact) mass is 973 g/mol. The lowest BCUT2D eigenvalue weighted by molar-refractivity contribution is 0.0696. The highest BCUT2D eigenvalue weighted by molar-refractivity contribution is 7.98. The van der Waals surface area contributed by atoms with Crippen molar-refractivity contribution in [1.82, 2.24) is 39.3 Å². The number of carbonyl (C=O) groups is 2. The molecule has 0 aliphatic heterocycles. The highest BCUT2D eigenvalue weighted by Gasteiger charge is 2.24. The number of carboxylic acid groups (broad SMARTS) is 1. The average Bonchev–Trinajstić information content (AvgIpc) is 3.31. The maximum absolute atomic E-state index is 14.9. The van der Waals surface area contributed by atoms with E-state index in [1.165, 1.54) is 54.2 Å². The molecule has 0 aliphatic carbocycles. The fraction of sp³-hybridized carbons (Fsp3) is 0.216. The van der Waals surface area contributed by atoms with E-state index < -0.39 is 51.7 Å². The number of halogens is 4. The number of anilines is 1. The second-order valence-corrected chi connectivity index (χ2v) is 17.6. The first-order valence-corrected chi connectivity index (χ1v) is 22.9. The number of aromatic carboxylic acids is 1. The van der Waals surface area contributed by atoms with Gasteiger partial charge in [-0.2, -0.15) is 4.98 Å². The molecule has 14 nitrogen and oxygen atoms in total. The molecule has 70 heavy (non-hydrogen) atoms. The lowest BCUT2D eigenvalue weighted by Gasteiger charge is -2.22. The number of rotatable bonds is 12. The topological polar surface area (TPSA) is 168 Å². The molecule has 0 radical (unpaired) electrons. The molecule has 8 rings (SSSR count). The van der Waals surface area contributed by atoms with E-state index in [4.69, 9.17) is 4.98 Å². The number of likely N-dealkylation sites (N-methyl/N-ethyl adjacent to an activating group) is 2. The minimum absolute atomic E-state index is 0.0194. The summed E-state index contributed by atoms with van der Waals surface area (Å²) in [6.07, 6.45) is 1.72. The first kappa shape index (κ1) is 50.1. The zero-order valence-electron chi connectivity index (χ0n) is 39.3. The molecular weight excluding hydrogens is 927 g/mol. The van der Waals surface area contributed by atoms with E-state index in [1.54, 1.807) is 37.4 Å². The summed E-state index contributed by atoms with van der Waals surface area (Å²) in [6, 6.07) is 22.0. The maximum atomic E-state index is 14.9. The second-order valence-electron chi connectivity index (χ2n) is 16.8. The number of aromatic nitrogens is 6. The lowest BCUT2D eigenvalue weighted by atomic mass is 9.99. The number of thioether (sulfide) groups is 1. The van der Waals surface area contributed by atoms with Crippen molar-refractivity contribution in [3.8, 4) is 33.9 Å². The van der Waals surface area contributed by atoms with Gasteiger partial charge < -0.3 is 20.2 Å². The van der Waals surface area contributed by atoms with Crippen molar-refractivity contribution in [2.24, 2.45) is 0 Å². The van der Waals surface area contributed by atoms with Crippen LogP contribution in [0, 0.1) is 37.1 Å². The summed E-state index contributed by atoms with van der Waals surface area (Å²) < 4.78 is 60.8. The number of benzene rings is 4. The molecule has 0 bridgehead atoms. The summed E-state index contributed by atoms with van der Waals surface area (Å²) in [4.78, 5) is 72.2. The third kappa shape index (κ3) is 10.3. The molecule has 0 atom stereocenters. The van der Waals surface area contributed by atoms with E-state index in [0.717, 1.165) is 44.5 Å². The number of carboxylic acids is 1. The molecule has 4 aromatic carbocycles. The molecule has 360 valence electrons. The van der Waals surface area contributed by atoms with Gasteiger partial charge in [0, 0.05) is 65.8 Å². The predicted octanol–water partition coefficient (Wildman–Crippen LogP) is 8.62. The standard InChI is InChI=1S/C29H32F2N6O2.C22H15F2N3O3S/c1-17(2)32-28(39)19-11-10-18(3)21(16-19)25-20-12-13-24(38)37(26-22(30)8-7-9-23(26)31)27(20)34-29(33-25)36(6)15-14-35(4)5;1-11-6-7-12(21(29)30)10-14(11)18-13-8-9-17(28)27(20(13)26-22(25-18)31-2)19-15(23)4-3-5-16(19)24/h7-13,16-17H,14-15H2,1-6H3,(H,32,39);3-10H,1-2H3,(H,29,30). The van der Waals surface area contributed by atoms with Gasteiger partial charge in [-0.3, -0.25) is 23.5 Å². The number of hydrogen-bond acceptors (Lipinski definition) is 11. The molecule has 4 aromatic heterocycles. The summed E-state index contributed by atoms with van der Waals surface area (Å²) in [5.74, 6) is -4.68. The third-order valence-electron chi connectivity index (χ3n) is 11.1. The largest absolute Gasteiger partial charge is 0.478 e. The third-order valence-corrected chi connectivity index (χ3v) is 11.7. The van der Waals surface area contributed by atoms with Crippen molar-refractivity contribution in [1.29, 1.82) is 0 Å². The molecular formula is C51H47F4N9O5S. The number of hydrogen-bond donors (Lipinski definition) is 2. The Labute approximate surface area is 403 Å². The van der Waals surface area contributed by atoms with Crippen LogP contribution < -0.4 is 21.3 Å². The van der Waals surface area contributed by atoms with Gasteiger partial charge in [0.15, 0.2) is 16.5 Å². The lowest BCUT2D eigenvalue weighted by Crippen LogP contribution is -2.30. The minimum Gasteiger partial charge on any atom is -0.478 e. The van der Waals surface area contributed by atoms with Gasteiger partial charge >= 0.3 is 5.97 Å². The Kier molecular flexibility index (Phi) is 14.9. The van der Waals surface area contributed by atoms with E-state index in [9.17, 15) is 41.8 Å². The summed E-state index contributed by atoms with van der Waals surface area (Å²) in [5.41, 5.74) is 1.75. The van der Waals surface area contributed by atoms with E-state index >= 15 is 0 Å². The van der Waals surface area contributed by atoms with Crippen LogP contribution in [0.5, 0.6) is 0 Å². The van der Waals surface area contributed by atoms with Gasteiger partial charge in [-0.25, -0.2) is 37.3 Å². The fourth-order valence-corrected chi connectivity index (χ4v) is 7.89. The molecule has 2 N–H and O–H groups in total. The molecule has 0 aliphatic rings. The molecule has 19 heteroatoms. The van der Waals surface area contributed by atoms with Crippen LogP contribution in [0.3, 0.4) is 0 Å². The summed E-state index contributed by atoms with van der Waals surface area (Å²) >= 11 is 1.19. The van der Waals surface area contributed by atoms with Crippen molar-refractivity contribution < 1.29 is 32.3 Å². The van der Waals surface area contributed by atoms with E-state index in [2.05, 4.69) is 20.3 Å². The van der Waals surface area contributed by atoms with Gasteiger partial charge in [-0.1, -0.05) is 36.0 Å². The smallest absolute Gasteiger partial charge is 0.335 e. The van der Waals surface area contributed by atoms with Crippen LogP contribution in [-0.2, 0) is 0 Å². The first-order chi connectivity index (χ1) is 33.3. The number of nitrogens with zero attached hydrogens (tertiary/aromatic N) is 8. The normalized spacial score (nSPS) is 11.3. The molecule has 0 saturated heterocycles. The van der Waals surface area contributed by atoms with E-state index in [0.29, 0.717) is 51.9 Å². The Bertz CT molecular complexity index is 3430. The highest BCUT2D eigenvalue weighted by atomic mass is 32.2. The highest BCUT2D eigenvalue weighted by Crippen LogP contribution is 2.34. The van der Waals surface area contributed by atoms with E-state index in [-0.39, 0.29) is 39.9 Å². The maximum Gasteiger partial charge on any atom is 0.335 e. The number of amides is 1. The molecule has 4 heterocycles. The fourth-order valence-electron chi connectivity index (χ4n) is 7.53. The Morgan fingerprint density at radius 2 is 1.13 bits per heavy atom. The Hall–Kier alpha value is -7.77. The Balaban J connectivity index is 0.000000212. The molecule has 0 unspecified atom stereocenters. The number of pyridine rings is 2. The Morgan fingerprint density at radius 1 is 0.657 bits per heavy atom. The zero-order chi connectivity index (χ0) is 50.7. The molecule has 8 aromatic rings. The quantitative estimate of drug-likeness (QED) is 0.0681. The second kappa shape index (κ2) is 20.8. The van der Waals surface area contributed by atoms with Gasteiger partial charge in [0.05, 0.1) is 17.0 Å². The van der Waals surface area contributed by atoms with Crippen molar-refractivity contribution in [3.63, 3.8) is 0 Å². The minimum atomic E-state index is -1.10. The van der Waals surface area contributed by atoms with Gasteiger partial charge in [0.1, 0.15) is 34.6 Å². The van der Waals surface area contributed by atoms with Gasteiger partial charge in [-0.15, -0.1) is 0 Å². The van der Waals surface area contributed by atoms with Crippen LogP contribution in [0.2, 0.25) is 0 Å². The van der Waals surface area contributed by atoms with Crippen LogP contribution in [0.25, 0.3) is 56.0 Å². The number of nitrogens with one attached hydrogen (secondary N) is 1. The number of carbonyl (C=O) groups excluding carboxylic acids is 1. The van der Waals surface area contributed by atoms with Crippen LogP contribution >= 0.6 is 11.8 Å².